The van der Waals surface area contributed by atoms with E-state index in [2.05, 4.69) is 16.0 Å². The van der Waals surface area contributed by atoms with Gasteiger partial charge in [-0.15, -0.1) is 11.4 Å². The van der Waals surface area contributed by atoms with E-state index in [9.17, 15) is 0 Å². The first-order valence-corrected chi connectivity index (χ1v) is 2.46. The normalized spacial score (nSPS) is 8.22. The molecule has 1 heterocycles. The summed E-state index contributed by atoms with van der Waals surface area (Å²) in [4.78, 5) is 7.75. The van der Waals surface area contributed by atoms with Crippen LogP contribution in [0.4, 0.5) is 0 Å². The number of hydrogen-bond acceptors (Lipinski definition) is 2. The van der Waals surface area contributed by atoms with Gasteiger partial charge in [0, 0.05) is 0 Å². The summed E-state index contributed by atoms with van der Waals surface area (Å²) in [6, 6.07) is 2.95. The third-order valence-electron chi connectivity index (χ3n) is 0.865. The Balaban J connectivity index is 0.000000640. The quantitative estimate of drug-likeness (QED) is 0.285. The zero-order valence-electron chi connectivity index (χ0n) is 5.97. The van der Waals surface area contributed by atoms with E-state index in [1.807, 2.05) is 13.8 Å². The Bertz CT molecular complexity index is 171. The van der Waals surface area contributed by atoms with Gasteiger partial charge in [0.25, 0.3) is 0 Å². The minimum absolute atomic E-state index is 0. The van der Waals surface area contributed by atoms with Gasteiger partial charge in [0.05, 0.1) is 0 Å². The second-order valence-corrected chi connectivity index (χ2v) is 1.67. The van der Waals surface area contributed by atoms with E-state index < -0.39 is 0 Å². The third kappa shape index (κ3) is 2.64. The van der Waals surface area contributed by atoms with Crippen molar-refractivity contribution in [2.24, 2.45) is 0 Å². The largest absolute Gasteiger partial charge is 1.00 e. The van der Waals surface area contributed by atoms with Crippen molar-refractivity contribution in [3.05, 3.63) is 23.8 Å². The Hall–Kier alpha value is -0.323. The fraction of sp³-hybridized carbons (Fsp3) is 0.333. The summed E-state index contributed by atoms with van der Waals surface area (Å²) < 4.78 is 0. The van der Waals surface area contributed by atoms with Crippen LogP contribution in [0.2, 0.25) is 0 Å². The number of aromatic nitrogens is 2. The summed E-state index contributed by atoms with van der Waals surface area (Å²) in [5.74, 6) is 0. The maximum absolute atomic E-state index is 3.87. The molecule has 0 bridgehead atoms. The standard InChI is InChI=1S/C6H7N2.Li/c1-5-3-6(2)8-4-7-5;/h4H,1-2H3;/q-1;+1. The van der Waals surface area contributed by atoms with Crippen molar-refractivity contribution in [1.82, 2.24) is 9.97 Å². The van der Waals surface area contributed by atoms with Gasteiger partial charge in [0.1, 0.15) is 6.33 Å². The van der Waals surface area contributed by atoms with Gasteiger partial charge in [-0.3, -0.25) is 9.97 Å². The molecule has 2 nitrogen and oxygen atoms in total. The maximum atomic E-state index is 3.87. The van der Waals surface area contributed by atoms with Gasteiger partial charge in [0.2, 0.25) is 0 Å². The molecular formula is C6H7LiN2. The zero-order chi connectivity index (χ0) is 5.98. The van der Waals surface area contributed by atoms with E-state index in [-0.39, 0.29) is 18.9 Å². The topological polar surface area (TPSA) is 25.8 Å². The molecule has 1 aromatic heterocycles. The monoisotopic (exact) mass is 114 g/mol. The summed E-state index contributed by atoms with van der Waals surface area (Å²) >= 11 is 0. The van der Waals surface area contributed by atoms with Crippen molar-refractivity contribution < 1.29 is 18.9 Å². The van der Waals surface area contributed by atoms with Crippen LogP contribution < -0.4 is 18.9 Å². The molecule has 0 aromatic carbocycles. The van der Waals surface area contributed by atoms with Gasteiger partial charge < -0.3 is 6.07 Å². The predicted molar refractivity (Wildman–Crippen MR) is 30.3 cm³/mol. The average Bonchev–Trinajstić information content (AvgIpc) is 1.64. The molecular weight excluding hydrogens is 107 g/mol. The van der Waals surface area contributed by atoms with Gasteiger partial charge in [-0.25, -0.2) is 0 Å². The van der Waals surface area contributed by atoms with Crippen LogP contribution in [0, 0.1) is 19.9 Å². The first kappa shape index (κ1) is 8.68. The number of rotatable bonds is 0. The molecule has 0 fully saturated rings. The third-order valence-corrected chi connectivity index (χ3v) is 0.865. The fourth-order valence-corrected chi connectivity index (χ4v) is 0.528. The summed E-state index contributed by atoms with van der Waals surface area (Å²) in [5.41, 5.74) is 1.80. The Morgan fingerprint density at radius 2 is 1.67 bits per heavy atom. The number of nitrogens with zero attached hydrogens (tertiary/aromatic N) is 2. The molecule has 0 saturated carbocycles. The molecule has 0 amide bonds. The average molecular weight is 114 g/mol. The van der Waals surface area contributed by atoms with Crippen molar-refractivity contribution >= 4 is 0 Å². The molecule has 1 aromatic rings. The first-order chi connectivity index (χ1) is 3.79. The molecule has 9 heavy (non-hydrogen) atoms. The van der Waals surface area contributed by atoms with Crippen LogP contribution in [-0.2, 0) is 0 Å². The van der Waals surface area contributed by atoms with E-state index >= 15 is 0 Å². The van der Waals surface area contributed by atoms with Crippen molar-refractivity contribution in [3.8, 4) is 0 Å². The first-order valence-electron chi connectivity index (χ1n) is 2.46. The Morgan fingerprint density at radius 1 is 1.22 bits per heavy atom. The molecule has 3 heteroatoms. The molecule has 1 rings (SSSR count). The van der Waals surface area contributed by atoms with Gasteiger partial charge >= 0.3 is 18.9 Å². The summed E-state index contributed by atoms with van der Waals surface area (Å²) in [6.45, 7) is 3.80. The summed E-state index contributed by atoms with van der Waals surface area (Å²) in [5, 5.41) is 0. The van der Waals surface area contributed by atoms with Crippen LogP contribution in [-0.4, -0.2) is 9.97 Å². The minimum Gasteiger partial charge on any atom is -0.427 e. The molecule has 0 atom stereocenters. The summed E-state index contributed by atoms with van der Waals surface area (Å²) in [6.07, 6.45) is 1.54. The van der Waals surface area contributed by atoms with Crippen LogP contribution in [0.25, 0.3) is 0 Å². The van der Waals surface area contributed by atoms with Crippen LogP contribution in [0.1, 0.15) is 11.4 Å². The molecule has 0 radical (unpaired) electrons. The Morgan fingerprint density at radius 3 is 1.89 bits per heavy atom. The fourth-order valence-electron chi connectivity index (χ4n) is 0.528. The van der Waals surface area contributed by atoms with Gasteiger partial charge in [0.15, 0.2) is 0 Å². The van der Waals surface area contributed by atoms with Crippen molar-refractivity contribution in [2.75, 3.05) is 0 Å². The van der Waals surface area contributed by atoms with E-state index in [1.165, 1.54) is 0 Å². The van der Waals surface area contributed by atoms with E-state index in [4.69, 9.17) is 0 Å². The Kier molecular flexibility index (Phi) is 3.52. The molecule has 0 aliphatic rings. The maximum Gasteiger partial charge on any atom is 1.00 e. The van der Waals surface area contributed by atoms with E-state index in [1.54, 1.807) is 6.33 Å². The van der Waals surface area contributed by atoms with Crippen LogP contribution >= 0.6 is 0 Å². The second kappa shape index (κ2) is 3.66. The SMILES string of the molecule is Cc1[c-]c(C)ncn1.[Li+]. The molecule has 0 saturated heterocycles. The smallest absolute Gasteiger partial charge is 0.427 e. The van der Waals surface area contributed by atoms with E-state index in [0.29, 0.717) is 0 Å². The predicted octanol–water partition coefficient (Wildman–Crippen LogP) is -2.10. The van der Waals surface area contributed by atoms with Gasteiger partial charge in [-0.05, 0) is 0 Å². The van der Waals surface area contributed by atoms with E-state index in [0.717, 1.165) is 11.4 Å². The Labute approximate surface area is 66.9 Å². The molecule has 0 aliphatic heterocycles. The van der Waals surface area contributed by atoms with Crippen LogP contribution in [0.15, 0.2) is 6.33 Å². The summed E-state index contributed by atoms with van der Waals surface area (Å²) in [7, 11) is 0. The molecule has 0 unspecified atom stereocenters. The van der Waals surface area contributed by atoms with Gasteiger partial charge in [-0.1, -0.05) is 13.8 Å². The molecule has 0 aliphatic carbocycles. The number of aryl methyl sites for hydroxylation is 2. The molecule has 0 N–H and O–H groups in total. The van der Waals surface area contributed by atoms with Crippen molar-refractivity contribution in [1.29, 1.82) is 0 Å². The zero-order valence-corrected chi connectivity index (χ0v) is 5.97. The molecule has 0 spiro atoms. The van der Waals surface area contributed by atoms with Gasteiger partial charge in [-0.2, -0.15) is 0 Å². The van der Waals surface area contributed by atoms with Crippen molar-refractivity contribution in [3.63, 3.8) is 0 Å². The minimum atomic E-state index is 0. The van der Waals surface area contributed by atoms with Crippen molar-refractivity contribution in [2.45, 2.75) is 13.8 Å². The molecule has 42 valence electrons. The van der Waals surface area contributed by atoms with Crippen LogP contribution in [0.5, 0.6) is 0 Å². The second-order valence-electron chi connectivity index (χ2n) is 1.67. The number of hydrogen-bond donors (Lipinski definition) is 0. The van der Waals surface area contributed by atoms with Crippen LogP contribution in [0.3, 0.4) is 0 Å².